The Morgan fingerprint density at radius 3 is 2.58 bits per heavy atom. The van der Waals surface area contributed by atoms with Crippen molar-refractivity contribution < 1.29 is 13.5 Å². The minimum Gasteiger partial charge on any atom is -0.397 e. The molecule has 1 rings (SSSR count). The molecule has 0 aliphatic carbocycles. The van der Waals surface area contributed by atoms with Crippen molar-refractivity contribution in [3.63, 3.8) is 0 Å². The summed E-state index contributed by atoms with van der Waals surface area (Å²) in [7, 11) is -2.13. The maximum Gasteiger partial charge on any atom is 0.240 e. The molecule has 0 radical (unpaired) electrons. The van der Waals surface area contributed by atoms with E-state index in [4.69, 9.17) is 10.8 Å². The Morgan fingerprint density at radius 1 is 1.42 bits per heavy atom. The number of aliphatic hydroxyl groups is 1. The highest BCUT2D eigenvalue weighted by Crippen LogP contribution is 2.24. The molecule has 0 heterocycles. The number of rotatable bonds is 7. The highest BCUT2D eigenvalue weighted by molar-refractivity contribution is 7.89. The minimum atomic E-state index is -3.48. The van der Waals surface area contributed by atoms with Crippen LogP contribution < -0.4 is 15.8 Å². The second kappa shape index (κ2) is 6.74. The molecule has 108 valence electrons. The van der Waals surface area contributed by atoms with Crippen LogP contribution in [0.15, 0.2) is 23.1 Å². The fraction of sp³-hybridized carbons (Fsp3) is 0.500. The quantitative estimate of drug-likeness (QED) is 0.554. The van der Waals surface area contributed by atoms with E-state index in [1.54, 1.807) is 6.07 Å². The largest absolute Gasteiger partial charge is 0.397 e. The predicted octanol–water partition coefficient (Wildman–Crippen LogP) is 0.750. The summed E-state index contributed by atoms with van der Waals surface area (Å²) in [4.78, 5) is 0.133. The molecular formula is C12H21N3O3S. The van der Waals surface area contributed by atoms with Crippen molar-refractivity contribution in [2.75, 3.05) is 24.7 Å². The first-order valence-corrected chi connectivity index (χ1v) is 7.63. The van der Waals surface area contributed by atoms with Crippen LogP contribution in [0.5, 0.6) is 0 Å². The Kier molecular flexibility index (Phi) is 5.59. The molecule has 0 bridgehead atoms. The Balaban J connectivity index is 2.95. The van der Waals surface area contributed by atoms with E-state index in [0.717, 1.165) is 6.42 Å². The molecule has 0 spiro atoms. The van der Waals surface area contributed by atoms with Crippen molar-refractivity contribution in [2.24, 2.45) is 0 Å². The van der Waals surface area contributed by atoms with Gasteiger partial charge in [0.1, 0.15) is 0 Å². The lowest BCUT2D eigenvalue weighted by atomic mass is 10.1. The monoisotopic (exact) mass is 287 g/mol. The molecule has 0 saturated carbocycles. The zero-order valence-corrected chi connectivity index (χ0v) is 12.0. The van der Waals surface area contributed by atoms with Crippen LogP contribution in [0.4, 0.5) is 11.4 Å². The molecule has 0 aromatic heterocycles. The fourth-order valence-electron chi connectivity index (χ4n) is 1.71. The predicted molar refractivity (Wildman–Crippen MR) is 76.5 cm³/mol. The van der Waals surface area contributed by atoms with E-state index >= 15 is 0 Å². The SMILES string of the molecule is CCC(CCO)Nc1ccc(S(=O)(=O)NC)cc1N. The summed E-state index contributed by atoms with van der Waals surface area (Å²) in [6, 6.07) is 4.66. The van der Waals surface area contributed by atoms with Gasteiger partial charge in [-0.25, -0.2) is 13.1 Å². The van der Waals surface area contributed by atoms with Gasteiger partial charge in [0.05, 0.1) is 16.3 Å². The van der Waals surface area contributed by atoms with Crippen molar-refractivity contribution in [1.82, 2.24) is 4.72 Å². The summed E-state index contributed by atoms with van der Waals surface area (Å²) in [5.41, 5.74) is 6.90. The zero-order chi connectivity index (χ0) is 14.5. The number of sulfonamides is 1. The molecule has 0 saturated heterocycles. The molecule has 0 aliphatic rings. The third-order valence-electron chi connectivity index (χ3n) is 2.93. The third-order valence-corrected chi connectivity index (χ3v) is 4.34. The molecule has 19 heavy (non-hydrogen) atoms. The van der Waals surface area contributed by atoms with Crippen LogP contribution in [0.3, 0.4) is 0 Å². The van der Waals surface area contributed by atoms with Crippen molar-refractivity contribution in [1.29, 1.82) is 0 Å². The lowest BCUT2D eigenvalue weighted by Gasteiger charge is -2.19. The minimum absolute atomic E-state index is 0.0949. The number of nitrogens with two attached hydrogens (primary N) is 1. The third kappa shape index (κ3) is 4.09. The average Bonchev–Trinajstić information content (AvgIpc) is 2.40. The topological polar surface area (TPSA) is 104 Å². The van der Waals surface area contributed by atoms with Crippen LogP contribution >= 0.6 is 0 Å². The van der Waals surface area contributed by atoms with E-state index in [0.29, 0.717) is 17.8 Å². The number of hydrogen-bond donors (Lipinski definition) is 4. The van der Waals surface area contributed by atoms with Gasteiger partial charge in [-0.3, -0.25) is 0 Å². The molecule has 6 nitrogen and oxygen atoms in total. The number of nitrogen functional groups attached to an aromatic ring is 1. The number of hydrogen-bond acceptors (Lipinski definition) is 5. The number of nitrogens with one attached hydrogen (secondary N) is 2. The second-order valence-corrected chi connectivity index (χ2v) is 6.10. The summed E-state index contributed by atoms with van der Waals surface area (Å²) in [6.45, 7) is 2.10. The van der Waals surface area contributed by atoms with Gasteiger partial charge in [0.2, 0.25) is 10.0 Å². The smallest absolute Gasteiger partial charge is 0.240 e. The van der Waals surface area contributed by atoms with E-state index in [2.05, 4.69) is 10.0 Å². The van der Waals surface area contributed by atoms with Crippen molar-refractivity contribution in [3.8, 4) is 0 Å². The van der Waals surface area contributed by atoms with Crippen LogP contribution in [0.1, 0.15) is 19.8 Å². The first kappa shape index (κ1) is 15.7. The van der Waals surface area contributed by atoms with Crippen molar-refractivity contribution in [3.05, 3.63) is 18.2 Å². The van der Waals surface area contributed by atoms with Gasteiger partial charge in [-0.15, -0.1) is 0 Å². The van der Waals surface area contributed by atoms with Gasteiger partial charge < -0.3 is 16.2 Å². The molecular weight excluding hydrogens is 266 g/mol. The van der Waals surface area contributed by atoms with Crippen molar-refractivity contribution in [2.45, 2.75) is 30.7 Å². The molecule has 1 aromatic rings. The molecule has 7 heteroatoms. The van der Waals surface area contributed by atoms with Gasteiger partial charge in [-0.05, 0) is 38.1 Å². The molecule has 1 aromatic carbocycles. The summed E-state index contributed by atoms with van der Waals surface area (Å²) >= 11 is 0. The Hall–Kier alpha value is -1.31. The number of anilines is 2. The fourth-order valence-corrected chi connectivity index (χ4v) is 2.48. The van der Waals surface area contributed by atoms with Crippen LogP contribution in [0.25, 0.3) is 0 Å². The molecule has 1 unspecified atom stereocenters. The standard InChI is InChI=1S/C12H21N3O3S/c1-3-9(6-7-16)15-12-5-4-10(8-11(12)13)19(17,18)14-2/h4-5,8-9,14-16H,3,6-7,13H2,1-2H3. The van der Waals surface area contributed by atoms with Gasteiger partial charge in [0, 0.05) is 12.6 Å². The average molecular weight is 287 g/mol. The molecule has 5 N–H and O–H groups in total. The van der Waals surface area contributed by atoms with Gasteiger partial charge in [-0.2, -0.15) is 0 Å². The summed E-state index contributed by atoms with van der Waals surface area (Å²) in [5, 5.41) is 12.1. The van der Waals surface area contributed by atoms with E-state index in [9.17, 15) is 8.42 Å². The molecule has 1 atom stereocenters. The van der Waals surface area contributed by atoms with E-state index in [1.807, 2.05) is 6.92 Å². The van der Waals surface area contributed by atoms with Crippen molar-refractivity contribution >= 4 is 21.4 Å². The van der Waals surface area contributed by atoms with Gasteiger partial charge in [0.15, 0.2) is 0 Å². The van der Waals surface area contributed by atoms with Crippen LogP contribution in [0, 0.1) is 0 Å². The normalized spacial score (nSPS) is 13.2. The van der Waals surface area contributed by atoms with Gasteiger partial charge >= 0.3 is 0 Å². The Bertz CT molecular complexity index is 517. The molecule has 0 amide bonds. The maximum atomic E-state index is 11.6. The van der Waals surface area contributed by atoms with Crippen LogP contribution in [-0.4, -0.2) is 33.2 Å². The first-order valence-electron chi connectivity index (χ1n) is 6.15. The summed E-state index contributed by atoms with van der Waals surface area (Å²) < 4.78 is 25.5. The lowest BCUT2D eigenvalue weighted by molar-refractivity contribution is 0.278. The first-order chi connectivity index (χ1) is 8.94. The second-order valence-electron chi connectivity index (χ2n) is 4.22. The lowest BCUT2D eigenvalue weighted by Crippen LogP contribution is -2.21. The number of benzene rings is 1. The maximum absolute atomic E-state index is 11.6. The van der Waals surface area contributed by atoms with E-state index in [1.165, 1.54) is 19.2 Å². The Morgan fingerprint density at radius 2 is 2.11 bits per heavy atom. The van der Waals surface area contributed by atoms with Gasteiger partial charge in [-0.1, -0.05) is 6.92 Å². The zero-order valence-electron chi connectivity index (χ0n) is 11.2. The van der Waals surface area contributed by atoms with Crippen LogP contribution in [0.2, 0.25) is 0 Å². The number of aliphatic hydroxyl groups excluding tert-OH is 1. The summed E-state index contributed by atoms with van der Waals surface area (Å²) in [6.07, 6.45) is 1.46. The van der Waals surface area contributed by atoms with E-state index in [-0.39, 0.29) is 17.5 Å². The molecule has 0 fully saturated rings. The van der Waals surface area contributed by atoms with Crippen LogP contribution in [-0.2, 0) is 10.0 Å². The molecule has 0 aliphatic heterocycles. The highest BCUT2D eigenvalue weighted by atomic mass is 32.2. The Labute approximate surface area is 114 Å². The summed E-state index contributed by atoms with van der Waals surface area (Å²) in [5.74, 6) is 0. The van der Waals surface area contributed by atoms with Gasteiger partial charge in [0.25, 0.3) is 0 Å². The van der Waals surface area contributed by atoms with E-state index < -0.39 is 10.0 Å². The highest BCUT2D eigenvalue weighted by Gasteiger charge is 2.14.